The first kappa shape index (κ1) is 21.6. The Balaban J connectivity index is 1.33. The van der Waals surface area contributed by atoms with E-state index in [2.05, 4.69) is 29.6 Å². The van der Waals surface area contributed by atoms with E-state index in [1.54, 1.807) is 6.07 Å². The number of carbonyl (C=O) groups is 2. The number of amides is 1. The average Bonchev–Trinajstić information content (AvgIpc) is 3.33. The van der Waals surface area contributed by atoms with Gasteiger partial charge in [0.05, 0.1) is 11.6 Å². The highest BCUT2D eigenvalue weighted by Gasteiger charge is 2.39. The van der Waals surface area contributed by atoms with Crippen LogP contribution in [0.5, 0.6) is 5.75 Å². The normalized spacial score (nSPS) is 23.4. The minimum atomic E-state index is -0.904. The van der Waals surface area contributed by atoms with Crippen LogP contribution >= 0.6 is 0 Å². The number of nitrogens with zero attached hydrogens (tertiary/aromatic N) is 1. The largest absolute Gasteiger partial charge is 0.484 e. The van der Waals surface area contributed by atoms with Gasteiger partial charge in [0.15, 0.2) is 6.61 Å². The lowest BCUT2D eigenvalue weighted by molar-refractivity contribution is -0.134. The predicted molar refractivity (Wildman–Crippen MR) is 127 cm³/mol. The second kappa shape index (κ2) is 8.93. The molecular formula is C27H30N2O4. The molecule has 1 amide bonds. The zero-order valence-corrected chi connectivity index (χ0v) is 18.9. The smallest absolute Gasteiger partial charge is 0.336 e. The Morgan fingerprint density at radius 2 is 1.85 bits per heavy atom. The molecule has 1 aliphatic carbocycles. The maximum Gasteiger partial charge on any atom is 0.336 e. The van der Waals surface area contributed by atoms with Gasteiger partial charge in [-0.3, -0.25) is 4.79 Å². The van der Waals surface area contributed by atoms with Gasteiger partial charge in [0.25, 0.3) is 5.91 Å². The number of hydrogen-bond donors (Lipinski definition) is 2. The van der Waals surface area contributed by atoms with E-state index in [4.69, 9.17) is 4.74 Å². The van der Waals surface area contributed by atoms with E-state index in [1.165, 1.54) is 12.0 Å². The molecular weight excluding hydrogens is 416 g/mol. The molecule has 3 atom stereocenters. The fourth-order valence-corrected chi connectivity index (χ4v) is 5.53. The summed E-state index contributed by atoms with van der Waals surface area (Å²) in [6.45, 7) is 3.60. The molecule has 2 heterocycles. The average molecular weight is 447 g/mol. The van der Waals surface area contributed by atoms with Gasteiger partial charge in [0.2, 0.25) is 0 Å². The summed E-state index contributed by atoms with van der Waals surface area (Å²) >= 11 is 0. The summed E-state index contributed by atoms with van der Waals surface area (Å²) in [5.41, 5.74) is 4.35. The SMILES string of the molecule is Cc1c(C(=O)O)ccc2c1N[C@@H](c1ccc(OCC(=O)N3CCCCC3)cc1)[C@H]1CC=C[C@@H]21. The summed E-state index contributed by atoms with van der Waals surface area (Å²) in [5.74, 6) is 0.476. The highest BCUT2D eigenvalue weighted by Crippen LogP contribution is 2.51. The Hall–Kier alpha value is -3.28. The number of anilines is 1. The Morgan fingerprint density at radius 3 is 2.58 bits per heavy atom. The fourth-order valence-electron chi connectivity index (χ4n) is 5.53. The van der Waals surface area contributed by atoms with Crippen molar-refractivity contribution in [2.24, 2.45) is 5.92 Å². The van der Waals surface area contributed by atoms with Crippen LogP contribution in [0.2, 0.25) is 0 Å². The Kier molecular flexibility index (Phi) is 5.83. The quantitative estimate of drug-likeness (QED) is 0.638. The molecule has 0 bridgehead atoms. The molecule has 0 saturated carbocycles. The predicted octanol–water partition coefficient (Wildman–Crippen LogP) is 4.91. The minimum absolute atomic E-state index is 0.0499. The summed E-state index contributed by atoms with van der Waals surface area (Å²) in [7, 11) is 0. The summed E-state index contributed by atoms with van der Waals surface area (Å²) in [6.07, 6.45) is 8.79. The second-order valence-corrected chi connectivity index (χ2v) is 9.28. The number of ether oxygens (including phenoxy) is 1. The first-order valence-electron chi connectivity index (χ1n) is 11.8. The summed E-state index contributed by atoms with van der Waals surface area (Å²) in [6, 6.07) is 11.7. The number of rotatable bonds is 5. The highest BCUT2D eigenvalue weighted by molar-refractivity contribution is 5.92. The molecule has 2 aromatic rings. The van der Waals surface area contributed by atoms with E-state index >= 15 is 0 Å². The molecule has 5 rings (SSSR count). The lowest BCUT2D eigenvalue weighted by Gasteiger charge is -2.38. The molecule has 6 nitrogen and oxygen atoms in total. The first-order chi connectivity index (χ1) is 16.0. The molecule has 1 saturated heterocycles. The third-order valence-electron chi connectivity index (χ3n) is 7.34. The van der Waals surface area contributed by atoms with Crippen LogP contribution in [0.3, 0.4) is 0 Å². The van der Waals surface area contributed by atoms with E-state index in [-0.39, 0.29) is 24.5 Å². The lowest BCUT2D eigenvalue weighted by atomic mass is 9.76. The molecule has 2 N–H and O–H groups in total. The molecule has 172 valence electrons. The van der Waals surface area contributed by atoms with Crippen LogP contribution in [0.4, 0.5) is 5.69 Å². The molecule has 0 aromatic heterocycles. The molecule has 1 fully saturated rings. The Morgan fingerprint density at radius 1 is 1.09 bits per heavy atom. The number of piperidine rings is 1. The monoisotopic (exact) mass is 446 g/mol. The Labute approximate surface area is 194 Å². The molecule has 0 spiro atoms. The molecule has 3 aliphatic rings. The van der Waals surface area contributed by atoms with Gasteiger partial charge in [-0.1, -0.05) is 30.4 Å². The number of carboxylic acids is 1. The van der Waals surface area contributed by atoms with Crippen molar-refractivity contribution in [2.75, 3.05) is 25.0 Å². The summed E-state index contributed by atoms with van der Waals surface area (Å²) in [4.78, 5) is 25.9. The van der Waals surface area contributed by atoms with Crippen molar-refractivity contribution in [3.05, 3.63) is 70.8 Å². The van der Waals surface area contributed by atoms with Crippen LogP contribution in [0, 0.1) is 12.8 Å². The van der Waals surface area contributed by atoms with Gasteiger partial charge in [-0.05, 0) is 73.4 Å². The van der Waals surface area contributed by atoms with E-state index in [0.29, 0.717) is 17.2 Å². The summed E-state index contributed by atoms with van der Waals surface area (Å²) < 4.78 is 5.78. The van der Waals surface area contributed by atoms with Gasteiger partial charge in [-0.25, -0.2) is 4.79 Å². The van der Waals surface area contributed by atoms with Crippen molar-refractivity contribution in [2.45, 2.75) is 44.6 Å². The molecule has 6 heteroatoms. The van der Waals surface area contributed by atoms with Crippen LogP contribution in [-0.4, -0.2) is 41.6 Å². The zero-order valence-electron chi connectivity index (χ0n) is 18.9. The standard InChI is InChI=1S/C27H30N2O4/c1-17-20(27(31)32)12-13-23-21-6-5-7-22(21)26(28-25(17)23)18-8-10-19(11-9-18)33-16-24(30)29-14-3-2-4-15-29/h5-6,8-13,21-22,26,28H,2-4,7,14-16H2,1H3,(H,31,32)/t21-,22+,26+/m1/s1. The van der Waals surface area contributed by atoms with Gasteiger partial charge in [-0.15, -0.1) is 0 Å². The van der Waals surface area contributed by atoms with Crippen LogP contribution < -0.4 is 10.1 Å². The molecule has 2 aliphatic heterocycles. The van der Waals surface area contributed by atoms with Gasteiger partial charge in [-0.2, -0.15) is 0 Å². The van der Waals surface area contributed by atoms with Gasteiger partial charge in [0, 0.05) is 24.7 Å². The van der Waals surface area contributed by atoms with Crippen LogP contribution in [0.25, 0.3) is 0 Å². The third-order valence-corrected chi connectivity index (χ3v) is 7.34. The van der Waals surface area contributed by atoms with Crippen LogP contribution in [0.1, 0.15) is 64.7 Å². The number of carboxylic acid groups (broad SMARTS) is 1. The molecule has 2 aromatic carbocycles. The highest BCUT2D eigenvalue weighted by atomic mass is 16.5. The molecule has 33 heavy (non-hydrogen) atoms. The zero-order chi connectivity index (χ0) is 22.9. The van der Waals surface area contributed by atoms with Crippen LogP contribution in [-0.2, 0) is 4.79 Å². The van der Waals surface area contributed by atoms with Crippen molar-refractivity contribution in [1.82, 2.24) is 4.90 Å². The fraction of sp³-hybridized carbons (Fsp3) is 0.407. The van der Waals surface area contributed by atoms with Crippen molar-refractivity contribution in [1.29, 1.82) is 0 Å². The van der Waals surface area contributed by atoms with E-state index in [0.717, 1.165) is 49.2 Å². The maximum absolute atomic E-state index is 12.4. The lowest BCUT2D eigenvalue weighted by Crippen LogP contribution is -2.38. The first-order valence-corrected chi connectivity index (χ1v) is 11.8. The Bertz CT molecular complexity index is 1090. The van der Waals surface area contributed by atoms with Gasteiger partial charge >= 0.3 is 5.97 Å². The number of benzene rings is 2. The maximum atomic E-state index is 12.4. The number of nitrogens with one attached hydrogen (secondary N) is 1. The van der Waals surface area contributed by atoms with E-state index in [9.17, 15) is 14.7 Å². The number of likely N-dealkylation sites (tertiary alicyclic amines) is 1. The summed E-state index contributed by atoms with van der Waals surface area (Å²) in [5, 5.41) is 13.2. The molecule has 0 radical (unpaired) electrons. The number of hydrogen-bond acceptors (Lipinski definition) is 4. The number of allylic oxidation sites excluding steroid dienone is 2. The third kappa shape index (κ3) is 4.10. The second-order valence-electron chi connectivity index (χ2n) is 9.28. The van der Waals surface area contributed by atoms with Crippen molar-refractivity contribution in [3.8, 4) is 5.75 Å². The van der Waals surface area contributed by atoms with Gasteiger partial charge < -0.3 is 20.1 Å². The van der Waals surface area contributed by atoms with Crippen LogP contribution in [0.15, 0.2) is 48.6 Å². The molecule has 0 unspecified atom stereocenters. The van der Waals surface area contributed by atoms with E-state index < -0.39 is 5.97 Å². The van der Waals surface area contributed by atoms with Gasteiger partial charge in [0.1, 0.15) is 5.75 Å². The number of fused-ring (bicyclic) bond motifs is 3. The minimum Gasteiger partial charge on any atom is -0.484 e. The number of aromatic carboxylic acids is 1. The van der Waals surface area contributed by atoms with E-state index in [1.807, 2.05) is 30.0 Å². The topological polar surface area (TPSA) is 78.9 Å². The van der Waals surface area contributed by atoms with Crippen molar-refractivity contribution in [3.63, 3.8) is 0 Å². The number of carbonyl (C=O) groups excluding carboxylic acids is 1. The van der Waals surface area contributed by atoms with Crippen molar-refractivity contribution >= 4 is 17.6 Å². The van der Waals surface area contributed by atoms with Crippen molar-refractivity contribution < 1.29 is 19.4 Å².